The van der Waals surface area contributed by atoms with Gasteiger partial charge in [-0.3, -0.25) is 4.68 Å². The monoisotopic (exact) mass is 254 g/mol. The van der Waals surface area contributed by atoms with Gasteiger partial charge in [0.2, 0.25) is 0 Å². The Labute approximate surface area is 108 Å². The fourth-order valence-electron chi connectivity index (χ4n) is 2.57. The highest BCUT2D eigenvalue weighted by Crippen LogP contribution is 2.29. The molecule has 96 valence electrons. The zero-order valence-electron chi connectivity index (χ0n) is 10.9. The maximum atomic E-state index is 5.70. The molecule has 0 amide bonds. The molecule has 2 rings (SSSR count). The number of nitrogens with two attached hydrogens (primary N) is 1. The molecule has 1 atom stereocenters. The van der Waals surface area contributed by atoms with Crippen LogP contribution in [-0.2, 0) is 13.5 Å². The molecule has 1 fully saturated rings. The fourth-order valence-corrected chi connectivity index (χ4v) is 3.84. The molecule has 1 aliphatic rings. The van der Waals surface area contributed by atoms with E-state index in [1.165, 1.54) is 29.3 Å². The van der Waals surface area contributed by atoms with E-state index in [-0.39, 0.29) is 0 Å². The van der Waals surface area contributed by atoms with Crippen LogP contribution in [0.5, 0.6) is 0 Å². The molecule has 5 heteroatoms. The largest absolute Gasteiger partial charge is 0.356 e. The summed E-state index contributed by atoms with van der Waals surface area (Å²) in [6.07, 6.45) is 2.19. The van der Waals surface area contributed by atoms with E-state index in [1.54, 1.807) is 0 Å². The second-order valence-corrected chi connectivity index (χ2v) is 5.83. The van der Waals surface area contributed by atoms with Gasteiger partial charge in [-0.05, 0) is 32.1 Å². The van der Waals surface area contributed by atoms with Crippen LogP contribution in [0, 0.1) is 6.92 Å². The van der Waals surface area contributed by atoms with E-state index < -0.39 is 0 Å². The molecule has 2 heterocycles. The van der Waals surface area contributed by atoms with Gasteiger partial charge >= 0.3 is 0 Å². The van der Waals surface area contributed by atoms with Crippen molar-refractivity contribution in [3.63, 3.8) is 0 Å². The van der Waals surface area contributed by atoms with Crippen molar-refractivity contribution in [1.82, 2.24) is 9.78 Å². The lowest BCUT2D eigenvalue weighted by molar-refractivity contribution is 0.651. The summed E-state index contributed by atoms with van der Waals surface area (Å²) in [6.45, 7) is 2.76. The number of aromatic nitrogens is 2. The molecule has 1 unspecified atom stereocenters. The molecule has 0 aliphatic carbocycles. The Bertz CT molecular complexity index is 382. The normalized spacial score (nSPS) is 19.9. The van der Waals surface area contributed by atoms with Crippen molar-refractivity contribution < 1.29 is 0 Å². The molecule has 0 saturated carbocycles. The summed E-state index contributed by atoms with van der Waals surface area (Å²) >= 11 is 2.04. The summed E-state index contributed by atoms with van der Waals surface area (Å²) in [5, 5.41) is 4.53. The van der Waals surface area contributed by atoms with Gasteiger partial charge in [0.25, 0.3) is 0 Å². The molecule has 1 saturated heterocycles. The first kappa shape index (κ1) is 12.8. The highest BCUT2D eigenvalue weighted by molar-refractivity contribution is 7.99. The SMILES string of the molecule is Cc1nn(C)c(N(C)C2CCSC2)c1CCN. The highest BCUT2D eigenvalue weighted by atomic mass is 32.2. The Morgan fingerprint density at radius 3 is 2.94 bits per heavy atom. The lowest BCUT2D eigenvalue weighted by atomic mass is 10.1. The van der Waals surface area contributed by atoms with E-state index in [4.69, 9.17) is 5.73 Å². The van der Waals surface area contributed by atoms with Gasteiger partial charge in [0, 0.05) is 31.5 Å². The first-order chi connectivity index (χ1) is 8.15. The van der Waals surface area contributed by atoms with Crippen molar-refractivity contribution in [1.29, 1.82) is 0 Å². The van der Waals surface area contributed by atoms with Crippen LogP contribution >= 0.6 is 11.8 Å². The van der Waals surface area contributed by atoms with E-state index in [1.807, 2.05) is 23.5 Å². The maximum absolute atomic E-state index is 5.70. The smallest absolute Gasteiger partial charge is 0.130 e. The molecule has 1 aromatic rings. The summed E-state index contributed by atoms with van der Waals surface area (Å²) < 4.78 is 2.00. The average Bonchev–Trinajstić information content (AvgIpc) is 2.88. The van der Waals surface area contributed by atoms with Crippen LogP contribution < -0.4 is 10.6 Å². The predicted octanol–water partition coefficient (Wildman–Crippen LogP) is 1.17. The molecular formula is C12H22N4S. The van der Waals surface area contributed by atoms with Crippen molar-refractivity contribution in [3.8, 4) is 0 Å². The third-order valence-corrected chi connectivity index (χ3v) is 4.64. The Kier molecular flexibility index (Phi) is 3.99. The molecule has 2 N–H and O–H groups in total. The Morgan fingerprint density at radius 1 is 1.59 bits per heavy atom. The van der Waals surface area contributed by atoms with Crippen molar-refractivity contribution in [3.05, 3.63) is 11.3 Å². The maximum Gasteiger partial charge on any atom is 0.130 e. The van der Waals surface area contributed by atoms with Gasteiger partial charge in [-0.25, -0.2) is 0 Å². The van der Waals surface area contributed by atoms with Crippen molar-refractivity contribution >= 4 is 17.6 Å². The predicted molar refractivity (Wildman–Crippen MR) is 74.8 cm³/mol. The minimum absolute atomic E-state index is 0.645. The number of aryl methyl sites for hydroxylation is 2. The van der Waals surface area contributed by atoms with Gasteiger partial charge < -0.3 is 10.6 Å². The number of anilines is 1. The van der Waals surface area contributed by atoms with Crippen LogP contribution in [-0.4, -0.2) is 40.9 Å². The van der Waals surface area contributed by atoms with Crippen LogP contribution in [0.4, 0.5) is 5.82 Å². The quantitative estimate of drug-likeness (QED) is 0.876. The summed E-state index contributed by atoms with van der Waals surface area (Å²) in [6, 6.07) is 0.645. The second-order valence-electron chi connectivity index (χ2n) is 4.68. The number of nitrogens with zero attached hydrogens (tertiary/aromatic N) is 3. The summed E-state index contributed by atoms with van der Waals surface area (Å²) in [5.41, 5.74) is 8.13. The van der Waals surface area contributed by atoms with Crippen LogP contribution in [0.1, 0.15) is 17.7 Å². The number of thioether (sulfide) groups is 1. The first-order valence-electron chi connectivity index (χ1n) is 6.18. The number of hydrogen-bond acceptors (Lipinski definition) is 4. The third kappa shape index (κ3) is 2.45. The summed E-state index contributed by atoms with van der Waals surface area (Å²) in [7, 11) is 4.22. The van der Waals surface area contributed by atoms with Crippen LogP contribution in [0.3, 0.4) is 0 Å². The van der Waals surface area contributed by atoms with Gasteiger partial charge in [-0.1, -0.05) is 0 Å². The minimum atomic E-state index is 0.645. The molecule has 1 aliphatic heterocycles. The molecule has 0 bridgehead atoms. The molecule has 4 nitrogen and oxygen atoms in total. The van der Waals surface area contributed by atoms with Gasteiger partial charge in [-0.15, -0.1) is 0 Å². The van der Waals surface area contributed by atoms with Crippen molar-refractivity contribution in [2.24, 2.45) is 12.8 Å². The van der Waals surface area contributed by atoms with Crippen LogP contribution in [0.15, 0.2) is 0 Å². The highest BCUT2D eigenvalue weighted by Gasteiger charge is 2.25. The first-order valence-corrected chi connectivity index (χ1v) is 7.33. The molecular weight excluding hydrogens is 232 g/mol. The fraction of sp³-hybridized carbons (Fsp3) is 0.750. The number of hydrogen-bond donors (Lipinski definition) is 1. The number of rotatable bonds is 4. The van der Waals surface area contributed by atoms with Crippen molar-refractivity contribution in [2.45, 2.75) is 25.8 Å². The van der Waals surface area contributed by atoms with E-state index in [9.17, 15) is 0 Å². The Hall–Kier alpha value is -0.680. The van der Waals surface area contributed by atoms with E-state index >= 15 is 0 Å². The second kappa shape index (κ2) is 5.31. The zero-order chi connectivity index (χ0) is 12.4. The van der Waals surface area contributed by atoms with Crippen molar-refractivity contribution in [2.75, 3.05) is 30.0 Å². The molecule has 0 spiro atoms. The van der Waals surface area contributed by atoms with Gasteiger partial charge in [0.05, 0.1) is 5.69 Å². The minimum Gasteiger partial charge on any atom is -0.356 e. The lowest BCUT2D eigenvalue weighted by Gasteiger charge is -2.27. The summed E-state index contributed by atoms with van der Waals surface area (Å²) in [5.74, 6) is 3.75. The molecule has 0 radical (unpaired) electrons. The van der Waals surface area contributed by atoms with E-state index in [0.29, 0.717) is 12.6 Å². The van der Waals surface area contributed by atoms with Gasteiger partial charge in [0.1, 0.15) is 5.82 Å². The topological polar surface area (TPSA) is 47.1 Å². The molecule has 1 aromatic heterocycles. The van der Waals surface area contributed by atoms with Crippen LogP contribution in [0.2, 0.25) is 0 Å². The summed E-state index contributed by atoms with van der Waals surface area (Å²) in [4.78, 5) is 2.39. The van der Waals surface area contributed by atoms with Crippen LogP contribution in [0.25, 0.3) is 0 Å². The third-order valence-electron chi connectivity index (χ3n) is 3.49. The zero-order valence-corrected chi connectivity index (χ0v) is 11.8. The van der Waals surface area contributed by atoms with E-state index in [0.717, 1.165) is 12.1 Å². The standard InChI is InChI=1S/C12H22N4S/c1-9-11(4-6-13)12(16(3)14-9)15(2)10-5-7-17-8-10/h10H,4-8,13H2,1-3H3. The van der Waals surface area contributed by atoms with E-state index in [2.05, 4.69) is 24.0 Å². The lowest BCUT2D eigenvalue weighted by Crippen LogP contribution is -2.33. The molecule has 17 heavy (non-hydrogen) atoms. The Balaban J connectivity index is 2.28. The molecule has 0 aromatic carbocycles. The average molecular weight is 254 g/mol. The Morgan fingerprint density at radius 2 is 2.35 bits per heavy atom. The van der Waals surface area contributed by atoms with Gasteiger partial charge in [-0.2, -0.15) is 16.9 Å². The van der Waals surface area contributed by atoms with Gasteiger partial charge in [0.15, 0.2) is 0 Å².